The van der Waals surface area contributed by atoms with E-state index in [0.717, 1.165) is 33.5 Å². The van der Waals surface area contributed by atoms with Crippen LogP contribution in [0.5, 0.6) is 0 Å². The molecule has 3 heteroatoms. The van der Waals surface area contributed by atoms with Gasteiger partial charge in [0.1, 0.15) is 11.4 Å². The van der Waals surface area contributed by atoms with Crippen LogP contribution in [-0.4, -0.2) is 15.8 Å². The summed E-state index contributed by atoms with van der Waals surface area (Å²) in [4.78, 5) is 21.9. The van der Waals surface area contributed by atoms with E-state index in [2.05, 4.69) is 23.2 Å². The van der Waals surface area contributed by atoms with Crippen molar-refractivity contribution in [2.24, 2.45) is 0 Å². The van der Waals surface area contributed by atoms with Gasteiger partial charge in [0, 0.05) is 22.9 Å². The van der Waals surface area contributed by atoms with E-state index in [0.29, 0.717) is 11.4 Å². The van der Waals surface area contributed by atoms with Gasteiger partial charge in [0.05, 0.1) is 5.69 Å². The third-order valence-corrected chi connectivity index (χ3v) is 4.68. The van der Waals surface area contributed by atoms with Crippen LogP contribution in [0.25, 0.3) is 33.5 Å². The smallest absolute Gasteiger partial charge is 0.230 e. The molecule has 2 aromatic heterocycles. The van der Waals surface area contributed by atoms with Crippen molar-refractivity contribution in [3.8, 4) is 33.5 Å². The van der Waals surface area contributed by atoms with Crippen LogP contribution in [0.1, 0.15) is 16.2 Å². The molecule has 4 aromatic rings. The van der Waals surface area contributed by atoms with E-state index in [9.17, 15) is 4.79 Å². The molecule has 0 saturated heterocycles. The third kappa shape index (κ3) is 2.18. The number of nitrogens with zero attached hydrogens (tertiary/aromatic N) is 2. The highest BCUT2D eigenvalue weighted by atomic mass is 16.1. The van der Waals surface area contributed by atoms with Crippen LogP contribution in [0.2, 0.25) is 0 Å². The highest BCUT2D eigenvalue weighted by Crippen LogP contribution is 2.42. The minimum Gasteiger partial charge on any atom is -0.285 e. The lowest BCUT2D eigenvalue weighted by atomic mass is 9.95. The Morgan fingerprint density at radius 3 is 2.08 bits per heavy atom. The summed E-state index contributed by atoms with van der Waals surface area (Å²) in [6.45, 7) is 0. The molecule has 0 fully saturated rings. The van der Waals surface area contributed by atoms with Crippen molar-refractivity contribution in [3.05, 3.63) is 96.4 Å². The molecule has 0 saturated carbocycles. The summed E-state index contributed by atoms with van der Waals surface area (Å²) in [5.74, 6) is -0.106. The lowest BCUT2D eigenvalue weighted by Crippen LogP contribution is -2.02. The second-order valence-electron chi connectivity index (χ2n) is 6.24. The highest BCUT2D eigenvalue weighted by molar-refractivity contribution is 6.21. The highest BCUT2D eigenvalue weighted by Gasteiger charge is 2.32. The van der Waals surface area contributed by atoms with Gasteiger partial charge in [-0.3, -0.25) is 9.78 Å². The first-order valence-electron chi connectivity index (χ1n) is 8.49. The average molecular weight is 334 g/mol. The quantitative estimate of drug-likeness (QED) is 0.455. The van der Waals surface area contributed by atoms with E-state index in [1.165, 1.54) is 0 Å². The second kappa shape index (κ2) is 5.74. The number of pyridine rings is 2. The Bertz CT molecular complexity index is 1140. The normalized spacial score (nSPS) is 11.9. The molecule has 0 aliphatic heterocycles. The van der Waals surface area contributed by atoms with E-state index in [1.807, 2.05) is 60.7 Å². The summed E-state index contributed by atoms with van der Waals surface area (Å²) >= 11 is 0. The molecule has 1 aliphatic carbocycles. The van der Waals surface area contributed by atoms with E-state index in [1.54, 1.807) is 6.20 Å². The summed E-state index contributed by atoms with van der Waals surface area (Å²) in [5.41, 5.74) is 6.56. The Hall–Kier alpha value is -3.59. The minimum absolute atomic E-state index is 0.106. The Balaban J connectivity index is 1.85. The summed E-state index contributed by atoms with van der Waals surface area (Å²) in [5, 5.41) is 0. The van der Waals surface area contributed by atoms with Gasteiger partial charge in [-0.15, -0.1) is 0 Å². The fraction of sp³-hybridized carbons (Fsp3) is 0. The number of carbonyl (C=O) groups is 1. The SMILES string of the molecule is O=C1c2ncccc2-c2c(-c3ccccc3)cc(-c3ccccc3)nc21. The predicted molar refractivity (Wildman–Crippen MR) is 102 cm³/mol. The number of aromatic nitrogens is 2. The van der Waals surface area contributed by atoms with Crippen molar-refractivity contribution in [1.82, 2.24) is 9.97 Å². The molecular weight excluding hydrogens is 320 g/mol. The van der Waals surface area contributed by atoms with Crippen LogP contribution in [0, 0.1) is 0 Å². The first-order chi connectivity index (χ1) is 12.8. The van der Waals surface area contributed by atoms with Gasteiger partial charge in [-0.25, -0.2) is 4.98 Å². The fourth-order valence-electron chi connectivity index (χ4n) is 3.48. The van der Waals surface area contributed by atoms with Crippen LogP contribution in [-0.2, 0) is 0 Å². The van der Waals surface area contributed by atoms with Gasteiger partial charge in [-0.05, 0) is 23.3 Å². The molecule has 3 nitrogen and oxygen atoms in total. The zero-order valence-electron chi connectivity index (χ0n) is 13.9. The van der Waals surface area contributed by atoms with Gasteiger partial charge >= 0.3 is 0 Å². The lowest BCUT2D eigenvalue weighted by molar-refractivity contribution is 0.103. The fourth-order valence-corrected chi connectivity index (χ4v) is 3.48. The second-order valence-corrected chi connectivity index (χ2v) is 6.24. The lowest BCUT2D eigenvalue weighted by Gasteiger charge is -2.12. The maximum Gasteiger partial charge on any atom is 0.230 e. The maximum atomic E-state index is 12.9. The Morgan fingerprint density at radius 1 is 0.654 bits per heavy atom. The molecule has 122 valence electrons. The molecular formula is C23H14N2O. The van der Waals surface area contributed by atoms with Gasteiger partial charge in [-0.2, -0.15) is 0 Å². The van der Waals surface area contributed by atoms with Crippen molar-refractivity contribution in [3.63, 3.8) is 0 Å². The number of carbonyl (C=O) groups excluding carboxylic acids is 1. The Kier molecular flexibility index (Phi) is 3.25. The van der Waals surface area contributed by atoms with E-state index in [4.69, 9.17) is 4.98 Å². The average Bonchev–Trinajstić information content (AvgIpc) is 3.01. The topological polar surface area (TPSA) is 42.9 Å². The molecule has 2 heterocycles. The van der Waals surface area contributed by atoms with Crippen LogP contribution in [0.3, 0.4) is 0 Å². The van der Waals surface area contributed by atoms with Crippen molar-refractivity contribution >= 4 is 5.78 Å². The molecule has 0 N–H and O–H groups in total. The molecule has 0 radical (unpaired) electrons. The van der Waals surface area contributed by atoms with Gasteiger partial charge in [0.25, 0.3) is 0 Å². The molecule has 5 rings (SSSR count). The molecule has 0 unspecified atom stereocenters. The Labute approximate surface area is 151 Å². The van der Waals surface area contributed by atoms with Crippen molar-refractivity contribution in [2.75, 3.05) is 0 Å². The zero-order chi connectivity index (χ0) is 17.5. The molecule has 0 amide bonds. The molecule has 26 heavy (non-hydrogen) atoms. The number of hydrogen-bond acceptors (Lipinski definition) is 3. The number of fused-ring (bicyclic) bond motifs is 3. The van der Waals surface area contributed by atoms with Crippen LogP contribution in [0.4, 0.5) is 0 Å². The summed E-state index contributed by atoms with van der Waals surface area (Å²) in [7, 11) is 0. The van der Waals surface area contributed by atoms with Crippen molar-refractivity contribution in [1.29, 1.82) is 0 Å². The summed E-state index contributed by atoms with van der Waals surface area (Å²) in [6.07, 6.45) is 1.66. The van der Waals surface area contributed by atoms with Gasteiger partial charge < -0.3 is 0 Å². The number of hydrogen-bond donors (Lipinski definition) is 0. The number of ketones is 1. The maximum absolute atomic E-state index is 12.9. The van der Waals surface area contributed by atoms with E-state index >= 15 is 0 Å². The van der Waals surface area contributed by atoms with Gasteiger partial charge in [-0.1, -0.05) is 66.7 Å². The monoisotopic (exact) mass is 334 g/mol. The standard InChI is InChI=1S/C23H14N2O/c26-23-21-17(12-7-13-24-21)20-18(15-8-3-1-4-9-15)14-19(25-22(20)23)16-10-5-2-6-11-16/h1-14H. The van der Waals surface area contributed by atoms with E-state index < -0.39 is 0 Å². The zero-order valence-corrected chi connectivity index (χ0v) is 13.9. The first-order valence-corrected chi connectivity index (χ1v) is 8.49. The van der Waals surface area contributed by atoms with Crippen molar-refractivity contribution < 1.29 is 4.79 Å². The van der Waals surface area contributed by atoms with E-state index in [-0.39, 0.29) is 5.78 Å². The van der Waals surface area contributed by atoms with Gasteiger partial charge in [0.2, 0.25) is 5.78 Å². The Morgan fingerprint density at radius 2 is 1.35 bits per heavy atom. The van der Waals surface area contributed by atoms with Crippen LogP contribution in [0.15, 0.2) is 85.1 Å². The molecule has 2 aromatic carbocycles. The number of benzene rings is 2. The summed E-state index contributed by atoms with van der Waals surface area (Å²) in [6, 6.07) is 25.9. The largest absolute Gasteiger partial charge is 0.285 e. The van der Waals surface area contributed by atoms with Gasteiger partial charge in [0.15, 0.2) is 0 Å². The summed E-state index contributed by atoms with van der Waals surface area (Å²) < 4.78 is 0. The molecule has 1 aliphatic rings. The molecule has 0 atom stereocenters. The van der Waals surface area contributed by atoms with Crippen LogP contribution < -0.4 is 0 Å². The van der Waals surface area contributed by atoms with Crippen LogP contribution >= 0.6 is 0 Å². The molecule has 0 spiro atoms. The molecule has 0 bridgehead atoms. The first kappa shape index (κ1) is 14.7. The number of rotatable bonds is 2. The predicted octanol–water partition coefficient (Wildman–Crippen LogP) is 5.02. The minimum atomic E-state index is -0.106. The third-order valence-electron chi connectivity index (χ3n) is 4.68. The van der Waals surface area contributed by atoms with Crippen molar-refractivity contribution in [2.45, 2.75) is 0 Å².